The number of sulfonamides is 1. The monoisotopic (exact) mass is 522 g/mol. The normalized spacial score (nSPS) is 11.7. The van der Waals surface area contributed by atoms with Gasteiger partial charge in [0.1, 0.15) is 0 Å². The standard InChI is InChI=1S/C32H46N2O2S/c1-2-3-4-5-6-7-8-9-10-11-12-13-14-15-16-19-28-23-25-30(26-24-28)37(35,36)34-31-22-17-20-29-21-18-27-33-32(29)31/h17-18,20-27,34H,2-16,19H2,1H3. The number of anilines is 1. The molecule has 1 aromatic heterocycles. The zero-order chi connectivity index (χ0) is 26.2. The number of nitrogens with one attached hydrogen (secondary N) is 1. The molecule has 0 saturated carbocycles. The fraction of sp³-hybridized carbons (Fsp3) is 0.531. The van der Waals surface area contributed by atoms with Gasteiger partial charge < -0.3 is 0 Å². The molecule has 2 aromatic carbocycles. The first kappa shape index (κ1) is 29.2. The van der Waals surface area contributed by atoms with Crippen molar-refractivity contribution >= 4 is 26.6 Å². The zero-order valence-electron chi connectivity index (χ0n) is 22.8. The molecule has 3 rings (SSSR count). The minimum absolute atomic E-state index is 0.278. The summed E-state index contributed by atoms with van der Waals surface area (Å²) in [6, 6.07) is 16.6. The van der Waals surface area contributed by atoms with Crippen molar-refractivity contribution in [1.82, 2.24) is 4.98 Å². The van der Waals surface area contributed by atoms with E-state index in [4.69, 9.17) is 0 Å². The number of aryl methyl sites for hydroxylation is 1. The topological polar surface area (TPSA) is 59.1 Å². The van der Waals surface area contributed by atoms with Gasteiger partial charge in [0, 0.05) is 11.6 Å². The van der Waals surface area contributed by atoms with Gasteiger partial charge in [-0.25, -0.2) is 8.42 Å². The van der Waals surface area contributed by atoms with Crippen molar-refractivity contribution in [2.75, 3.05) is 4.72 Å². The van der Waals surface area contributed by atoms with Crippen LogP contribution >= 0.6 is 0 Å². The molecule has 0 fully saturated rings. The molecule has 0 spiro atoms. The van der Waals surface area contributed by atoms with E-state index < -0.39 is 10.0 Å². The fourth-order valence-corrected chi connectivity index (χ4v) is 5.99. The molecule has 37 heavy (non-hydrogen) atoms. The second kappa shape index (κ2) is 16.4. The Hall–Kier alpha value is -2.40. The summed E-state index contributed by atoms with van der Waals surface area (Å²) in [5.74, 6) is 0. The Morgan fingerprint density at radius 3 is 1.78 bits per heavy atom. The van der Waals surface area contributed by atoms with Gasteiger partial charge in [-0.2, -0.15) is 0 Å². The fourth-order valence-electron chi connectivity index (χ4n) is 4.93. The number of hydrogen-bond donors (Lipinski definition) is 1. The molecule has 0 amide bonds. The molecular weight excluding hydrogens is 476 g/mol. The van der Waals surface area contributed by atoms with Crippen LogP contribution in [-0.4, -0.2) is 13.4 Å². The van der Waals surface area contributed by atoms with E-state index in [1.807, 2.05) is 36.4 Å². The molecule has 0 aliphatic heterocycles. The highest BCUT2D eigenvalue weighted by atomic mass is 32.2. The average Bonchev–Trinajstić information content (AvgIpc) is 2.91. The lowest BCUT2D eigenvalue weighted by atomic mass is 10.0. The predicted molar refractivity (Wildman–Crippen MR) is 158 cm³/mol. The van der Waals surface area contributed by atoms with Crippen molar-refractivity contribution in [1.29, 1.82) is 0 Å². The van der Waals surface area contributed by atoms with Crippen LogP contribution in [0.2, 0.25) is 0 Å². The van der Waals surface area contributed by atoms with Gasteiger partial charge in [-0.3, -0.25) is 9.71 Å². The van der Waals surface area contributed by atoms with Gasteiger partial charge in [0.15, 0.2) is 0 Å². The molecular formula is C32H46N2O2S. The molecule has 0 unspecified atom stereocenters. The summed E-state index contributed by atoms with van der Waals surface area (Å²) in [5, 5.41) is 0.904. The first-order valence-electron chi connectivity index (χ1n) is 14.6. The quantitative estimate of drug-likeness (QED) is 0.159. The van der Waals surface area contributed by atoms with Gasteiger partial charge in [-0.15, -0.1) is 0 Å². The maximum absolute atomic E-state index is 12.9. The molecule has 0 aliphatic carbocycles. The summed E-state index contributed by atoms with van der Waals surface area (Å²) < 4.78 is 28.6. The summed E-state index contributed by atoms with van der Waals surface area (Å²) in [6.07, 6.45) is 23.1. The van der Waals surface area contributed by atoms with Crippen LogP contribution in [0.3, 0.4) is 0 Å². The van der Waals surface area contributed by atoms with Crippen molar-refractivity contribution in [2.24, 2.45) is 0 Å². The highest BCUT2D eigenvalue weighted by molar-refractivity contribution is 7.92. The summed E-state index contributed by atoms with van der Waals surface area (Å²) >= 11 is 0. The van der Waals surface area contributed by atoms with Crippen LogP contribution in [0.15, 0.2) is 65.7 Å². The van der Waals surface area contributed by atoms with E-state index in [-0.39, 0.29) is 4.90 Å². The number of nitrogens with zero attached hydrogens (tertiary/aromatic N) is 1. The van der Waals surface area contributed by atoms with Gasteiger partial charge in [0.25, 0.3) is 10.0 Å². The van der Waals surface area contributed by atoms with E-state index in [1.54, 1.807) is 24.4 Å². The summed E-state index contributed by atoms with van der Waals surface area (Å²) in [6.45, 7) is 2.28. The van der Waals surface area contributed by atoms with Crippen LogP contribution in [-0.2, 0) is 16.4 Å². The maximum atomic E-state index is 12.9. The molecule has 5 heteroatoms. The predicted octanol–water partition coefficient (Wildman–Crippen LogP) is 9.45. The molecule has 0 atom stereocenters. The second-order valence-electron chi connectivity index (χ2n) is 10.3. The second-order valence-corrected chi connectivity index (χ2v) is 12.0. The van der Waals surface area contributed by atoms with Crippen molar-refractivity contribution < 1.29 is 8.42 Å². The van der Waals surface area contributed by atoms with Crippen molar-refractivity contribution in [3.8, 4) is 0 Å². The molecule has 1 N–H and O–H groups in total. The molecule has 3 aromatic rings. The van der Waals surface area contributed by atoms with E-state index in [0.29, 0.717) is 11.2 Å². The minimum atomic E-state index is -3.66. The number of aromatic nitrogens is 1. The Balaban J connectivity index is 1.27. The van der Waals surface area contributed by atoms with E-state index in [2.05, 4.69) is 16.6 Å². The van der Waals surface area contributed by atoms with Gasteiger partial charge >= 0.3 is 0 Å². The number of benzene rings is 2. The Labute approximate surface area is 225 Å². The number of hydrogen-bond acceptors (Lipinski definition) is 3. The van der Waals surface area contributed by atoms with Crippen molar-refractivity contribution in [3.05, 3.63) is 66.4 Å². The lowest BCUT2D eigenvalue weighted by Gasteiger charge is -2.11. The van der Waals surface area contributed by atoms with Gasteiger partial charge in [0.05, 0.1) is 16.1 Å². The summed E-state index contributed by atoms with van der Waals surface area (Å²) in [4.78, 5) is 4.61. The number of pyridine rings is 1. The first-order chi connectivity index (χ1) is 18.1. The number of para-hydroxylation sites is 1. The van der Waals surface area contributed by atoms with Crippen molar-refractivity contribution in [3.63, 3.8) is 0 Å². The molecule has 4 nitrogen and oxygen atoms in total. The highest BCUT2D eigenvalue weighted by Gasteiger charge is 2.16. The van der Waals surface area contributed by atoms with Crippen LogP contribution in [0.5, 0.6) is 0 Å². The average molecular weight is 523 g/mol. The molecule has 202 valence electrons. The van der Waals surface area contributed by atoms with Gasteiger partial charge in [-0.1, -0.05) is 127 Å². The SMILES string of the molecule is CCCCCCCCCCCCCCCCCc1ccc(S(=O)(=O)Nc2cccc3cccnc23)cc1. The number of unbranched alkanes of at least 4 members (excludes halogenated alkanes) is 14. The lowest BCUT2D eigenvalue weighted by molar-refractivity contribution is 0.532. The number of fused-ring (bicyclic) bond motifs is 1. The van der Waals surface area contributed by atoms with E-state index in [1.165, 1.54) is 95.5 Å². The highest BCUT2D eigenvalue weighted by Crippen LogP contribution is 2.24. The van der Waals surface area contributed by atoms with Crippen LogP contribution in [0.25, 0.3) is 10.9 Å². The number of rotatable bonds is 19. The molecule has 0 radical (unpaired) electrons. The van der Waals surface area contributed by atoms with Crippen molar-refractivity contribution in [2.45, 2.75) is 115 Å². The van der Waals surface area contributed by atoms with E-state index in [9.17, 15) is 8.42 Å². The van der Waals surface area contributed by atoms with Crippen LogP contribution in [0.4, 0.5) is 5.69 Å². The molecule has 0 saturated heterocycles. The lowest BCUT2D eigenvalue weighted by Crippen LogP contribution is -2.13. The summed E-state index contributed by atoms with van der Waals surface area (Å²) in [7, 11) is -3.66. The third-order valence-electron chi connectivity index (χ3n) is 7.18. The first-order valence-corrected chi connectivity index (χ1v) is 16.0. The van der Waals surface area contributed by atoms with Gasteiger partial charge in [0.2, 0.25) is 0 Å². The third kappa shape index (κ3) is 10.5. The van der Waals surface area contributed by atoms with Crippen LogP contribution in [0.1, 0.15) is 109 Å². The van der Waals surface area contributed by atoms with Crippen LogP contribution < -0.4 is 4.72 Å². The smallest absolute Gasteiger partial charge is 0.261 e. The van der Waals surface area contributed by atoms with Crippen LogP contribution in [0, 0.1) is 0 Å². The van der Waals surface area contributed by atoms with E-state index >= 15 is 0 Å². The van der Waals surface area contributed by atoms with E-state index in [0.717, 1.165) is 18.2 Å². The largest absolute Gasteiger partial charge is 0.277 e. The Kier molecular flexibility index (Phi) is 13.0. The molecule has 0 bridgehead atoms. The molecule has 0 aliphatic rings. The minimum Gasteiger partial charge on any atom is -0.277 e. The third-order valence-corrected chi connectivity index (χ3v) is 8.56. The van der Waals surface area contributed by atoms with Gasteiger partial charge in [-0.05, 0) is 42.7 Å². The Bertz CT molecular complexity index is 1140. The summed E-state index contributed by atoms with van der Waals surface area (Å²) in [5.41, 5.74) is 2.35. The molecule has 1 heterocycles. The maximum Gasteiger partial charge on any atom is 0.261 e. The Morgan fingerprint density at radius 1 is 0.649 bits per heavy atom. The Morgan fingerprint density at radius 2 is 1.19 bits per heavy atom. The zero-order valence-corrected chi connectivity index (χ0v) is 23.6.